The summed E-state index contributed by atoms with van der Waals surface area (Å²) in [5.41, 5.74) is -0.0496. The van der Waals surface area contributed by atoms with E-state index in [0.29, 0.717) is 12.1 Å². The van der Waals surface area contributed by atoms with Crippen molar-refractivity contribution >= 4 is 29.3 Å². The summed E-state index contributed by atoms with van der Waals surface area (Å²) in [6.45, 7) is 6.88. The molecule has 1 aromatic rings. The van der Waals surface area contributed by atoms with E-state index in [-0.39, 0.29) is 47.5 Å². The van der Waals surface area contributed by atoms with E-state index in [4.69, 9.17) is 4.74 Å². The number of Topliss-reactive ketones (excluding diaryl/α,β-unsaturated/α-hetero) is 1. The Kier molecular flexibility index (Phi) is 5.24. The van der Waals surface area contributed by atoms with Crippen molar-refractivity contribution in [3.05, 3.63) is 42.0 Å². The van der Waals surface area contributed by atoms with Crippen molar-refractivity contribution in [3.8, 4) is 0 Å². The van der Waals surface area contributed by atoms with Gasteiger partial charge in [0.2, 0.25) is 11.8 Å². The molecule has 3 atom stereocenters. The molecule has 0 N–H and O–H groups in total. The van der Waals surface area contributed by atoms with Crippen LogP contribution >= 0.6 is 0 Å². The van der Waals surface area contributed by atoms with Crippen molar-refractivity contribution in [2.45, 2.75) is 34.1 Å². The van der Waals surface area contributed by atoms with Crippen LogP contribution in [0.2, 0.25) is 0 Å². The van der Waals surface area contributed by atoms with Gasteiger partial charge < -0.3 is 4.74 Å². The summed E-state index contributed by atoms with van der Waals surface area (Å²) in [5, 5.41) is 0. The quantitative estimate of drug-likeness (QED) is 0.453. The molecule has 1 saturated heterocycles. The fourth-order valence-electron chi connectivity index (χ4n) is 3.60. The van der Waals surface area contributed by atoms with E-state index in [0.717, 1.165) is 0 Å². The number of carbonyl (C=O) groups is 4. The third-order valence-corrected chi connectivity index (χ3v) is 5.38. The van der Waals surface area contributed by atoms with Gasteiger partial charge in [0.15, 0.2) is 12.4 Å². The van der Waals surface area contributed by atoms with Gasteiger partial charge in [0, 0.05) is 5.41 Å². The molecule has 2 aliphatic rings. The maximum absolute atomic E-state index is 12.9. The van der Waals surface area contributed by atoms with E-state index >= 15 is 0 Å². The summed E-state index contributed by atoms with van der Waals surface area (Å²) in [6.07, 6.45) is 4.46. The maximum Gasteiger partial charge on any atom is 0.338 e. The van der Waals surface area contributed by atoms with Crippen molar-refractivity contribution in [2.24, 2.45) is 23.2 Å². The van der Waals surface area contributed by atoms with Crippen molar-refractivity contribution in [2.75, 3.05) is 11.5 Å². The second kappa shape index (κ2) is 7.34. The van der Waals surface area contributed by atoms with Crippen LogP contribution in [0.15, 0.2) is 36.4 Å². The van der Waals surface area contributed by atoms with Gasteiger partial charge in [-0.25, -0.2) is 4.79 Å². The Labute approximate surface area is 164 Å². The van der Waals surface area contributed by atoms with Gasteiger partial charge in [-0.15, -0.1) is 0 Å². The largest absolute Gasteiger partial charge is 0.454 e. The van der Waals surface area contributed by atoms with Crippen LogP contribution in [-0.4, -0.2) is 30.2 Å². The second-order valence-electron chi connectivity index (χ2n) is 8.47. The van der Waals surface area contributed by atoms with Crippen molar-refractivity contribution in [1.29, 1.82) is 0 Å². The van der Waals surface area contributed by atoms with Gasteiger partial charge in [-0.1, -0.05) is 45.9 Å². The van der Waals surface area contributed by atoms with Crippen LogP contribution in [0.25, 0.3) is 0 Å². The molecule has 1 aromatic carbocycles. The highest BCUT2D eigenvalue weighted by atomic mass is 16.5. The summed E-state index contributed by atoms with van der Waals surface area (Å²) in [6, 6.07) is 6.23. The van der Waals surface area contributed by atoms with Gasteiger partial charge in [0.1, 0.15) is 0 Å². The SMILES string of the molecule is C[C@@H]1C=CC[C@H]2C(=O)N(c3cccc(C(=O)OCC(=O)C(C)(C)C)c3)C(=O)[C@H]12. The van der Waals surface area contributed by atoms with Crippen LogP contribution < -0.4 is 4.90 Å². The highest BCUT2D eigenvalue weighted by molar-refractivity contribution is 6.22. The monoisotopic (exact) mass is 383 g/mol. The predicted octanol–water partition coefficient (Wildman–Crippen LogP) is 3.16. The highest BCUT2D eigenvalue weighted by Crippen LogP contribution is 2.40. The molecule has 1 aliphatic heterocycles. The minimum Gasteiger partial charge on any atom is -0.454 e. The Morgan fingerprint density at radius 1 is 1.18 bits per heavy atom. The highest BCUT2D eigenvalue weighted by Gasteiger charge is 2.50. The van der Waals surface area contributed by atoms with E-state index in [1.807, 2.05) is 19.1 Å². The minimum absolute atomic E-state index is 0.00300. The molecule has 0 radical (unpaired) electrons. The Morgan fingerprint density at radius 3 is 2.54 bits per heavy atom. The molecule has 1 heterocycles. The first-order valence-corrected chi connectivity index (χ1v) is 9.46. The Morgan fingerprint density at radius 2 is 1.89 bits per heavy atom. The number of hydrogen-bond donors (Lipinski definition) is 0. The first-order chi connectivity index (χ1) is 13.1. The molecule has 1 fully saturated rings. The van der Waals surface area contributed by atoms with Gasteiger partial charge in [-0.05, 0) is 30.5 Å². The Balaban J connectivity index is 1.78. The van der Waals surface area contributed by atoms with Gasteiger partial charge in [-0.2, -0.15) is 0 Å². The zero-order valence-electron chi connectivity index (χ0n) is 16.6. The lowest BCUT2D eigenvalue weighted by Gasteiger charge is -2.22. The molecule has 28 heavy (non-hydrogen) atoms. The van der Waals surface area contributed by atoms with Crippen LogP contribution in [0.3, 0.4) is 0 Å². The maximum atomic E-state index is 12.9. The van der Waals surface area contributed by atoms with E-state index in [9.17, 15) is 19.2 Å². The standard InChI is InChI=1S/C22H25NO5/c1-13-7-5-10-16-18(13)20(26)23(19(16)25)15-9-6-8-14(11-15)21(27)28-12-17(24)22(2,3)4/h5-9,11,13,16,18H,10,12H2,1-4H3/t13-,16-,18-/m1/s1. The van der Waals surface area contributed by atoms with E-state index in [1.54, 1.807) is 32.9 Å². The molecular weight excluding hydrogens is 358 g/mol. The zero-order valence-corrected chi connectivity index (χ0v) is 16.6. The molecule has 1 aliphatic carbocycles. The zero-order chi connectivity index (χ0) is 20.6. The number of carbonyl (C=O) groups excluding carboxylic acids is 4. The number of allylic oxidation sites excluding steroid dienone is 2. The van der Waals surface area contributed by atoms with Crippen LogP contribution in [0.4, 0.5) is 5.69 Å². The molecular formula is C22H25NO5. The van der Waals surface area contributed by atoms with Gasteiger partial charge >= 0.3 is 5.97 Å². The number of nitrogens with zero attached hydrogens (tertiary/aromatic N) is 1. The number of benzene rings is 1. The third kappa shape index (κ3) is 3.63. The van der Waals surface area contributed by atoms with Crippen molar-refractivity contribution in [3.63, 3.8) is 0 Å². The van der Waals surface area contributed by atoms with E-state index in [1.165, 1.54) is 17.0 Å². The first-order valence-electron chi connectivity index (χ1n) is 9.46. The number of anilines is 1. The molecule has 0 bridgehead atoms. The lowest BCUT2D eigenvalue weighted by atomic mass is 9.78. The Bertz CT molecular complexity index is 864. The molecule has 0 unspecified atom stereocenters. The molecule has 6 heteroatoms. The summed E-state index contributed by atoms with van der Waals surface area (Å²) in [4.78, 5) is 51.2. The van der Waals surface area contributed by atoms with E-state index in [2.05, 4.69) is 0 Å². The summed E-state index contributed by atoms with van der Waals surface area (Å²) >= 11 is 0. The van der Waals surface area contributed by atoms with Crippen LogP contribution in [-0.2, 0) is 19.1 Å². The van der Waals surface area contributed by atoms with Gasteiger partial charge in [-0.3, -0.25) is 19.3 Å². The summed E-state index contributed by atoms with van der Waals surface area (Å²) < 4.78 is 5.11. The predicted molar refractivity (Wildman–Crippen MR) is 104 cm³/mol. The van der Waals surface area contributed by atoms with Crippen LogP contribution in [0.5, 0.6) is 0 Å². The fourth-order valence-corrected chi connectivity index (χ4v) is 3.60. The summed E-state index contributed by atoms with van der Waals surface area (Å²) in [5.74, 6) is -2.04. The molecule has 0 spiro atoms. The first kappa shape index (κ1) is 20.0. The van der Waals surface area contributed by atoms with Gasteiger partial charge in [0.05, 0.1) is 23.1 Å². The lowest BCUT2D eigenvalue weighted by Crippen LogP contribution is -2.31. The average molecular weight is 383 g/mol. The smallest absolute Gasteiger partial charge is 0.338 e. The minimum atomic E-state index is -0.661. The van der Waals surface area contributed by atoms with Crippen molar-refractivity contribution < 1.29 is 23.9 Å². The normalized spacial score (nSPS) is 24.3. The molecule has 148 valence electrons. The van der Waals surface area contributed by atoms with Gasteiger partial charge in [0.25, 0.3) is 0 Å². The number of ether oxygens (including phenoxy) is 1. The second-order valence-corrected chi connectivity index (χ2v) is 8.47. The van der Waals surface area contributed by atoms with Crippen LogP contribution in [0, 0.1) is 23.2 Å². The fraction of sp³-hybridized carbons (Fsp3) is 0.455. The summed E-state index contributed by atoms with van der Waals surface area (Å²) in [7, 11) is 0. The number of hydrogen-bond acceptors (Lipinski definition) is 5. The molecule has 3 rings (SSSR count). The number of fused-ring (bicyclic) bond motifs is 1. The van der Waals surface area contributed by atoms with E-state index < -0.39 is 11.4 Å². The molecule has 2 amide bonds. The number of esters is 1. The molecule has 0 saturated carbocycles. The molecule has 0 aromatic heterocycles. The topological polar surface area (TPSA) is 80.8 Å². The number of imide groups is 1. The number of ketones is 1. The lowest BCUT2D eigenvalue weighted by molar-refractivity contribution is -0.129. The molecule has 6 nitrogen and oxygen atoms in total. The van der Waals surface area contributed by atoms with Crippen LogP contribution in [0.1, 0.15) is 44.5 Å². The Hall–Kier alpha value is -2.76. The number of rotatable bonds is 4. The van der Waals surface area contributed by atoms with Crippen molar-refractivity contribution in [1.82, 2.24) is 0 Å². The number of amides is 2. The third-order valence-electron chi connectivity index (χ3n) is 5.38. The average Bonchev–Trinajstić information content (AvgIpc) is 2.90.